The van der Waals surface area contributed by atoms with E-state index in [0.717, 1.165) is 39.0 Å². The Labute approximate surface area is 251 Å². The molecule has 4 rings (SSSR count). The van der Waals surface area contributed by atoms with E-state index in [1.807, 2.05) is 62.7 Å². The van der Waals surface area contributed by atoms with Gasteiger partial charge < -0.3 is 25.0 Å². The van der Waals surface area contributed by atoms with E-state index in [0.29, 0.717) is 30.5 Å². The quantitative estimate of drug-likeness (QED) is 0.254. The Hall–Kier alpha value is -5.12. The molecule has 0 bridgehead atoms. The van der Waals surface area contributed by atoms with Gasteiger partial charge in [0.2, 0.25) is 11.8 Å². The lowest BCUT2D eigenvalue weighted by molar-refractivity contribution is -0.122. The van der Waals surface area contributed by atoms with Crippen molar-refractivity contribution in [2.75, 3.05) is 32.1 Å². The minimum absolute atomic E-state index is 0.168. The molecular formula is C33H37N5O5. The van der Waals surface area contributed by atoms with Gasteiger partial charge in [0.25, 0.3) is 11.9 Å². The van der Waals surface area contributed by atoms with Crippen LogP contribution < -0.4 is 25.0 Å². The molecule has 2 N–H and O–H groups in total. The van der Waals surface area contributed by atoms with E-state index in [1.54, 1.807) is 44.4 Å². The van der Waals surface area contributed by atoms with E-state index in [4.69, 9.17) is 9.47 Å². The summed E-state index contributed by atoms with van der Waals surface area (Å²) in [4.78, 5) is 43.2. The standard InChI is InChI=1S/C33H37N5O5/c1-7-42-33-36-31-27(38(33)6)9-8-10-28(31)43-20-25-21(2)11-17-26(22(25)3)37(5)30(40)19-35-29(39)18-14-23-12-15-24(16-13-23)32(41)34-4/h8-18H,7,19-20H2,1-6H3,(H,34,41)(H,35,39)/b18-14+. The van der Waals surface area contributed by atoms with E-state index in [1.165, 1.54) is 11.0 Å². The predicted molar refractivity (Wildman–Crippen MR) is 167 cm³/mol. The molecule has 10 heteroatoms. The Bertz CT molecular complexity index is 1670. The van der Waals surface area contributed by atoms with Crippen molar-refractivity contribution in [1.29, 1.82) is 0 Å². The van der Waals surface area contributed by atoms with Gasteiger partial charge in [0.05, 0.1) is 18.7 Å². The number of ether oxygens (including phenoxy) is 2. The number of likely N-dealkylation sites (N-methyl/N-ethyl adjacent to an activating group) is 1. The number of carbonyl (C=O) groups is 3. The Morgan fingerprint density at radius 1 is 1.02 bits per heavy atom. The molecule has 3 aromatic carbocycles. The zero-order valence-corrected chi connectivity index (χ0v) is 25.4. The fourth-order valence-corrected chi connectivity index (χ4v) is 4.69. The van der Waals surface area contributed by atoms with Crippen LogP contribution in [0.15, 0.2) is 60.7 Å². The average molecular weight is 584 g/mol. The molecule has 0 atom stereocenters. The van der Waals surface area contributed by atoms with Gasteiger partial charge in [-0.25, -0.2) is 0 Å². The number of amides is 3. The highest BCUT2D eigenvalue weighted by atomic mass is 16.5. The van der Waals surface area contributed by atoms with E-state index in [-0.39, 0.29) is 18.4 Å². The van der Waals surface area contributed by atoms with Crippen LogP contribution in [0.25, 0.3) is 17.1 Å². The maximum absolute atomic E-state index is 13.0. The Morgan fingerprint density at radius 2 is 1.77 bits per heavy atom. The van der Waals surface area contributed by atoms with Gasteiger partial charge in [0.15, 0.2) is 0 Å². The molecule has 0 unspecified atom stereocenters. The molecule has 0 aliphatic rings. The molecule has 0 spiro atoms. The second-order valence-corrected chi connectivity index (χ2v) is 10.0. The molecule has 0 fully saturated rings. The molecule has 0 saturated heterocycles. The van der Waals surface area contributed by atoms with Crippen molar-refractivity contribution in [3.8, 4) is 11.8 Å². The number of imidazole rings is 1. The van der Waals surface area contributed by atoms with Gasteiger partial charge in [-0.2, -0.15) is 4.98 Å². The lowest BCUT2D eigenvalue weighted by Gasteiger charge is -2.23. The number of anilines is 1. The third-order valence-electron chi connectivity index (χ3n) is 7.26. The highest BCUT2D eigenvalue weighted by Crippen LogP contribution is 2.31. The van der Waals surface area contributed by atoms with Gasteiger partial charge >= 0.3 is 0 Å². The van der Waals surface area contributed by atoms with Crippen LogP contribution in [-0.4, -0.2) is 54.5 Å². The number of carbonyl (C=O) groups excluding carboxylic acids is 3. The molecular weight excluding hydrogens is 546 g/mol. The number of aryl methyl sites for hydroxylation is 2. The lowest BCUT2D eigenvalue weighted by Crippen LogP contribution is -2.38. The molecule has 43 heavy (non-hydrogen) atoms. The summed E-state index contributed by atoms with van der Waals surface area (Å²) in [6, 6.07) is 17.0. The first-order chi connectivity index (χ1) is 20.6. The summed E-state index contributed by atoms with van der Waals surface area (Å²) in [5, 5.41) is 5.20. The first kappa shape index (κ1) is 30.8. The van der Waals surface area contributed by atoms with Gasteiger partial charge in [-0.3, -0.25) is 19.0 Å². The largest absolute Gasteiger partial charge is 0.487 e. The SMILES string of the molecule is CCOc1nc2c(OCc3c(C)ccc(N(C)C(=O)CNC(=O)/C=C/c4ccc(C(=O)NC)cc4)c3C)cccc2n1C. The summed E-state index contributed by atoms with van der Waals surface area (Å²) in [6.45, 7) is 6.51. The van der Waals surface area contributed by atoms with Crippen LogP contribution in [0.5, 0.6) is 11.8 Å². The highest BCUT2D eigenvalue weighted by Gasteiger charge is 2.18. The number of aromatic nitrogens is 2. The fraction of sp³-hybridized carbons (Fsp3) is 0.273. The third kappa shape index (κ3) is 7.03. The van der Waals surface area contributed by atoms with E-state index < -0.39 is 5.91 Å². The number of nitrogens with one attached hydrogen (secondary N) is 2. The number of hydrogen-bond donors (Lipinski definition) is 2. The summed E-state index contributed by atoms with van der Waals surface area (Å²) in [7, 11) is 5.16. The smallest absolute Gasteiger partial charge is 0.297 e. The zero-order chi connectivity index (χ0) is 31.1. The molecule has 0 aliphatic carbocycles. The van der Waals surface area contributed by atoms with Crippen LogP contribution >= 0.6 is 0 Å². The molecule has 10 nitrogen and oxygen atoms in total. The van der Waals surface area contributed by atoms with Crippen molar-refractivity contribution in [2.24, 2.45) is 7.05 Å². The highest BCUT2D eigenvalue weighted by molar-refractivity contribution is 5.99. The maximum atomic E-state index is 13.0. The Kier molecular flexibility index (Phi) is 9.82. The summed E-state index contributed by atoms with van der Waals surface area (Å²) in [6.07, 6.45) is 2.98. The van der Waals surface area contributed by atoms with Crippen molar-refractivity contribution in [1.82, 2.24) is 20.2 Å². The average Bonchev–Trinajstić information content (AvgIpc) is 3.33. The molecule has 0 radical (unpaired) electrons. The molecule has 3 amide bonds. The van der Waals surface area contributed by atoms with Crippen LogP contribution in [0, 0.1) is 13.8 Å². The van der Waals surface area contributed by atoms with Gasteiger partial charge in [0.1, 0.15) is 17.9 Å². The van der Waals surface area contributed by atoms with Gasteiger partial charge in [-0.1, -0.05) is 24.3 Å². The molecule has 0 aliphatic heterocycles. The topological polar surface area (TPSA) is 115 Å². The molecule has 0 saturated carbocycles. The number of rotatable bonds is 11. The van der Waals surface area contributed by atoms with Crippen LogP contribution in [0.3, 0.4) is 0 Å². The van der Waals surface area contributed by atoms with Crippen LogP contribution in [-0.2, 0) is 23.2 Å². The van der Waals surface area contributed by atoms with Crippen LogP contribution in [0.4, 0.5) is 5.69 Å². The number of hydrogen-bond acceptors (Lipinski definition) is 6. The lowest BCUT2D eigenvalue weighted by atomic mass is 10.0. The van der Waals surface area contributed by atoms with Gasteiger partial charge in [0, 0.05) is 38.5 Å². The van der Waals surface area contributed by atoms with E-state index in [9.17, 15) is 14.4 Å². The van der Waals surface area contributed by atoms with Crippen LogP contribution in [0.1, 0.15) is 39.5 Å². The Morgan fingerprint density at radius 3 is 2.47 bits per heavy atom. The second kappa shape index (κ2) is 13.7. The zero-order valence-electron chi connectivity index (χ0n) is 25.4. The van der Waals surface area contributed by atoms with Crippen LogP contribution in [0.2, 0.25) is 0 Å². The molecule has 1 heterocycles. The minimum Gasteiger partial charge on any atom is -0.487 e. The summed E-state index contributed by atoms with van der Waals surface area (Å²) < 4.78 is 13.8. The summed E-state index contributed by atoms with van der Waals surface area (Å²) in [5.41, 5.74) is 6.54. The van der Waals surface area contributed by atoms with Crippen molar-refractivity contribution in [2.45, 2.75) is 27.4 Å². The van der Waals surface area contributed by atoms with Crippen molar-refractivity contribution in [3.05, 3.63) is 88.5 Å². The summed E-state index contributed by atoms with van der Waals surface area (Å²) >= 11 is 0. The van der Waals surface area contributed by atoms with Gasteiger partial charge in [-0.15, -0.1) is 0 Å². The first-order valence-electron chi connectivity index (χ1n) is 14.0. The number of nitrogens with zero attached hydrogens (tertiary/aromatic N) is 3. The normalized spacial score (nSPS) is 11.0. The first-order valence-corrected chi connectivity index (χ1v) is 14.0. The minimum atomic E-state index is -0.400. The molecule has 1 aromatic heterocycles. The van der Waals surface area contributed by atoms with Crippen molar-refractivity contribution < 1.29 is 23.9 Å². The summed E-state index contributed by atoms with van der Waals surface area (Å²) in [5.74, 6) is -0.205. The Balaban J connectivity index is 1.40. The second-order valence-electron chi connectivity index (χ2n) is 10.0. The molecule has 224 valence electrons. The fourth-order valence-electron chi connectivity index (χ4n) is 4.69. The maximum Gasteiger partial charge on any atom is 0.297 e. The molecule has 4 aromatic rings. The number of benzene rings is 3. The van der Waals surface area contributed by atoms with Crippen molar-refractivity contribution in [3.63, 3.8) is 0 Å². The number of fused-ring (bicyclic) bond motifs is 1. The van der Waals surface area contributed by atoms with E-state index >= 15 is 0 Å². The van der Waals surface area contributed by atoms with Gasteiger partial charge in [-0.05, 0) is 79.4 Å². The van der Waals surface area contributed by atoms with Crippen molar-refractivity contribution >= 4 is 40.5 Å². The van der Waals surface area contributed by atoms with E-state index in [2.05, 4.69) is 15.6 Å². The predicted octanol–water partition coefficient (Wildman–Crippen LogP) is 4.32. The number of para-hydroxylation sites is 1. The monoisotopic (exact) mass is 583 g/mol. The third-order valence-corrected chi connectivity index (χ3v) is 7.26.